The highest BCUT2D eigenvalue weighted by Crippen LogP contribution is 2.13. The number of halogens is 1. The summed E-state index contributed by atoms with van der Waals surface area (Å²) in [6, 6.07) is 12.5. The highest BCUT2D eigenvalue weighted by Gasteiger charge is 2.04. The van der Waals surface area contributed by atoms with Crippen molar-refractivity contribution in [3.63, 3.8) is 0 Å². The molecule has 3 N–H and O–H groups in total. The van der Waals surface area contributed by atoms with Crippen LogP contribution in [0.15, 0.2) is 48.5 Å². The number of carbonyl (C=O) groups is 2. The molecule has 2 aromatic rings. The first-order valence-electron chi connectivity index (χ1n) is 7.90. The van der Waals surface area contributed by atoms with Crippen molar-refractivity contribution in [2.24, 2.45) is 0 Å². The van der Waals surface area contributed by atoms with Crippen LogP contribution < -0.4 is 16.0 Å². The minimum Gasteiger partial charge on any atom is -0.450 e. The number of hydrogen-bond donors (Lipinski definition) is 3. The summed E-state index contributed by atoms with van der Waals surface area (Å²) in [4.78, 5) is 23.1. The summed E-state index contributed by atoms with van der Waals surface area (Å²) in [5.74, 6) is -0.293. The molecular weight excluding hydrogens is 325 g/mol. The molecule has 0 aliphatic heterocycles. The van der Waals surface area contributed by atoms with Crippen molar-refractivity contribution >= 4 is 23.5 Å². The van der Waals surface area contributed by atoms with Gasteiger partial charge in [0.25, 0.3) is 0 Å². The molecule has 0 heterocycles. The van der Waals surface area contributed by atoms with E-state index in [1.54, 1.807) is 43.3 Å². The van der Waals surface area contributed by atoms with Crippen molar-refractivity contribution in [2.75, 3.05) is 23.8 Å². The second-order valence-electron chi connectivity index (χ2n) is 5.18. The fraction of sp³-hybridized carbons (Fsp3) is 0.222. The van der Waals surface area contributed by atoms with Crippen LogP contribution in [0, 0.1) is 5.82 Å². The molecule has 6 nitrogen and oxygen atoms in total. The lowest BCUT2D eigenvalue weighted by Gasteiger charge is -2.09. The van der Waals surface area contributed by atoms with Gasteiger partial charge in [0.05, 0.1) is 6.61 Å². The monoisotopic (exact) mass is 345 g/mol. The van der Waals surface area contributed by atoms with Gasteiger partial charge in [-0.2, -0.15) is 0 Å². The van der Waals surface area contributed by atoms with Crippen LogP contribution in [0.25, 0.3) is 0 Å². The third-order valence-corrected chi connectivity index (χ3v) is 3.25. The van der Waals surface area contributed by atoms with Crippen molar-refractivity contribution in [1.82, 2.24) is 5.32 Å². The molecule has 0 unspecified atom stereocenters. The van der Waals surface area contributed by atoms with Crippen molar-refractivity contribution in [1.29, 1.82) is 0 Å². The molecule has 7 heteroatoms. The maximum Gasteiger partial charge on any atom is 0.411 e. The molecule has 3 amide bonds. The van der Waals surface area contributed by atoms with Gasteiger partial charge in [-0.1, -0.05) is 12.1 Å². The van der Waals surface area contributed by atoms with Gasteiger partial charge in [0.1, 0.15) is 5.82 Å². The molecule has 132 valence electrons. The number of hydrogen-bond acceptors (Lipinski definition) is 3. The molecule has 0 saturated carbocycles. The predicted octanol–water partition coefficient (Wildman–Crippen LogP) is 3.76. The molecule has 0 spiro atoms. The van der Waals surface area contributed by atoms with E-state index in [1.807, 2.05) is 0 Å². The average molecular weight is 345 g/mol. The standard InChI is InChI=1S/C18H20FN3O3/c1-2-25-18(24)22-16-8-6-15(7-9-16)21-17(23)20-11-10-13-4-3-5-14(19)12-13/h3-9,12H,2,10-11H2,1H3,(H,22,24)(H2,20,21,23). The lowest BCUT2D eigenvalue weighted by molar-refractivity contribution is 0.168. The Balaban J connectivity index is 1.75. The lowest BCUT2D eigenvalue weighted by Crippen LogP contribution is -2.30. The summed E-state index contributed by atoms with van der Waals surface area (Å²) in [5, 5.41) is 7.94. The molecule has 0 aliphatic carbocycles. The van der Waals surface area contributed by atoms with Crippen LogP contribution in [0.2, 0.25) is 0 Å². The van der Waals surface area contributed by atoms with E-state index in [9.17, 15) is 14.0 Å². The normalized spacial score (nSPS) is 10.0. The van der Waals surface area contributed by atoms with Gasteiger partial charge in [-0.05, 0) is 55.3 Å². The second-order valence-corrected chi connectivity index (χ2v) is 5.18. The van der Waals surface area contributed by atoms with E-state index in [2.05, 4.69) is 16.0 Å². The minimum atomic E-state index is -0.529. The second kappa shape index (κ2) is 9.27. The van der Waals surface area contributed by atoms with E-state index in [4.69, 9.17) is 4.74 Å². The molecule has 0 fully saturated rings. The molecule has 0 bridgehead atoms. The highest BCUT2D eigenvalue weighted by atomic mass is 19.1. The summed E-state index contributed by atoms with van der Waals surface area (Å²) < 4.78 is 17.8. The van der Waals surface area contributed by atoms with E-state index in [-0.39, 0.29) is 11.8 Å². The van der Waals surface area contributed by atoms with Crippen LogP contribution in [0.4, 0.5) is 25.4 Å². The number of rotatable bonds is 6. The Hall–Kier alpha value is -3.09. The van der Waals surface area contributed by atoms with Crippen molar-refractivity contribution in [3.05, 3.63) is 59.9 Å². The molecule has 0 radical (unpaired) electrons. The first-order valence-corrected chi connectivity index (χ1v) is 7.90. The summed E-state index contributed by atoms with van der Waals surface area (Å²) in [6.45, 7) is 2.40. The molecule has 0 aromatic heterocycles. The number of urea groups is 1. The molecule has 0 aliphatic rings. The molecule has 2 rings (SSSR count). The van der Waals surface area contributed by atoms with Crippen molar-refractivity contribution in [2.45, 2.75) is 13.3 Å². The van der Waals surface area contributed by atoms with Gasteiger partial charge >= 0.3 is 12.1 Å². The Morgan fingerprint density at radius 3 is 2.36 bits per heavy atom. The third kappa shape index (κ3) is 6.50. The van der Waals surface area contributed by atoms with E-state index in [1.165, 1.54) is 12.1 Å². The zero-order valence-corrected chi connectivity index (χ0v) is 13.8. The van der Waals surface area contributed by atoms with E-state index in [0.717, 1.165) is 5.56 Å². The van der Waals surface area contributed by atoms with Crippen LogP contribution >= 0.6 is 0 Å². The van der Waals surface area contributed by atoms with Gasteiger partial charge in [-0.15, -0.1) is 0 Å². The van der Waals surface area contributed by atoms with Crippen LogP contribution in [0.5, 0.6) is 0 Å². The van der Waals surface area contributed by atoms with Gasteiger partial charge in [0.15, 0.2) is 0 Å². The van der Waals surface area contributed by atoms with Gasteiger partial charge in [0, 0.05) is 17.9 Å². The number of carbonyl (C=O) groups excluding carboxylic acids is 2. The highest BCUT2D eigenvalue weighted by molar-refractivity contribution is 5.90. The molecule has 0 atom stereocenters. The predicted molar refractivity (Wildman–Crippen MR) is 94.2 cm³/mol. The summed E-state index contributed by atoms with van der Waals surface area (Å²) in [5.41, 5.74) is 1.96. The molecule has 25 heavy (non-hydrogen) atoms. The fourth-order valence-corrected chi connectivity index (χ4v) is 2.11. The Kier molecular flexibility index (Phi) is 6.76. The summed E-state index contributed by atoms with van der Waals surface area (Å²) >= 11 is 0. The molecule has 2 aromatic carbocycles. The Labute approximate surface area is 145 Å². The van der Waals surface area contributed by atoms with E-state index < -0.39 is 6.09 Å². The zero-order chi connectivity index (χ0) is 18.1. The van der Waals surface area contributed by atoms with Gasteiger partial charge < -0.3 is 15.4 Å². The number of nitrogens with one attached hydrogen (secondary N) is 3. The average Bonchev–Trinajstić information content (AvgIpc) is 2.57. The van der Waals surface area contributed by atoms with Crippen LogP contribution in [-0.4, -0.2) is 25.3 Å². The van der Waals surface area contributed by atoms with E-state index in [0.29, 0.717) is 30.9 Å². The van der Waals surface area contributed by atoms with Gasteiger partial charge in [-0.25, -0.2) is 14.0 Å². The number of benzene rings is 2. The lowest BCUT2D eigenvalue weighted by atomic mass is 10.1. The summed E-state index contributed by atoms with van der Waals surface area (Å²) in [6.07, 6.45) is 0.00594. The van der Waals surface area contributed by atoms with Crippen LogP contribution in [-0.2, 0) is 11.2 Å². The first-order chi connectivity index (χ1) is 12.1. The quantitative estimate of drug-likeness (QED) is 0.746. The van der Waals surface area contributed by atoms with Crippen molar-refractivity contribution in [3.8, 4) is 0 Å². The first kappa shape index (κ1) is 18.3. The number of ether oxygens (including phenoxy) is 1. The van der Waals surface area contributed by atoms with Gasteiger partial charge in [-0.3, -0.25) is 5.32 Å². The molecule has 0 saturated heterocycles. The Bertz CT molecular complexity index is 720. The minimum absolute atomic E-state index is 0.293. The summed E-state index contributed by atoms with van der Waals surface area (Å²) in [7, 11) is 0. The van der Waals surface area contributed by atoms with Crippen LogP contribution in [0.1, 0.15) is 12.5 Å². The molecular formula is C18H20FN3O3. The topological polar surface area (TPSA) is 79.5 Å². The maximum atomic E-state index is 13.1. The van der Waals surface area contributed by atoms with Crippen LogP contribution in [0.3, 0.4) is 0 Å². The number of amides is 3. The van der Waals surface area contributed by atoms with Gasteiger partial charge in [0.2, 0.25) is 0 Å². The largest absolute Gasteiger partial charge is 0.450 e. The SMILES string of the molecule is CCOC(=O)Nc1ccc(NC(=O)NCCc2cccc(F)c2)cc1. The Morgan fingerprint density at radius 2 is 1.72 bits per heavy atom. The third-order valence-electron chi connectivity index (χ3n) is 3.25. The maximum absolute atomic E-state index is 13.1. The smallest absolute Gasteiger partial charge is 0.411 e. The fourth-order valence-electron chi connectivity index (χ4n) is 2.11. The number of anilines is 2. The zero-order valence-electron chi connectivity index (χ0n) is 13.8. The Morgan fingerprint density at radius 1 is 1.04 bits per heavy atom. The van der Waals surface area contributed by atoms with E-state index >= 15 is 0 Å². The van der Waals surface area contributed by atoms with Crippen molar-refractivity contribution < 1.29 is 18.7 Å².